The summed E-state index contributed by atoms with van der Waals surface area (Å²) in [7, 11) is 0. The fraction of sp³-hybridized carbons (Fsp3) is 0.889. The summed E-state index contributed by atoms with van der Waals surface area (Å²) in [6.07, 6.45) is 4.75. The molecule has 2 aliphatic rings. The lowest BCUT2D eigenvalue weighted by atomic mass is 9.95. The van der Waals surface area contributed by atoms with Crippen molar-refractivity contribution >= 4 is 5.96 Å². The number of nitrogens with one attached hydrogen (secondary N) is 1. The van der Waals surface area contributed by atoms with Crippen LogP contribution in [0.3, 0.4) is 0 Å². The fourth-order valence-corrected chi connectivity index (χ4v) is 2.56. The Morgan fingerprint density at radius 2 is 2.08 bits per heavy atom. The highest BCUT2D eigenvalue weighted by Gasteiger charge is 2.42. The van der Waals surface area contributed by atoms with Crippen molar-refractivity contribution in [3.05, 3.63) is 0 Å². The van der Waals surface area contributed by atoms with Gasteiger partial charge in [0, 0.05) is 6.54 Å². The van der Waals surface area contributed by atoms with Gasteiger partial charge in [-0.05, 0) is 12.8 Å². The van der Waals surface area contributed by atoms with Crippen molar-refractivity contribution in [3.63, 3.8) is 0 Å². The summed E-state index contributed by atoms with van der Waals surface area (Å²) < 4.78 is 5.49. The molecular formula is C9H17N3O. The van der Waals surface area contributed by atoms with Gasteiger partial charge in [-0.1, -0.05) is 12.8 Å². The zero-order chi connectivity index (χ0) is 9.31. The van der Waals surface area contributed by atoms with Crippen molar-refractivity contribution in [2.24, 2.45) is 5.73 Å². The summed E-state index contributed by atoms with van der Waals surface area (Å²) in [5, 5.41) is 7.53. The Hall–Kier alpha value is -0.770. The van der Waals surface area contributed by atoms with E-state index in [9.17, 15) is 0 Å². The molecule has 1 saturated heterocycles. The van der Waals surface area contributed by atoms with Crippen LogP contribution < -0.4 is 5.73 Å². The first-order valence-corrected chi connectivity index (χ1v) is 4.94. The van der Waals surface area contributed by atoms with E-state index in [1.807, 2.05) is 4.90 Å². The summed E-state index contributed by atoms with van der Waals surface area (Å²) in [4.78, 5) is 2.03. The largest absolute Gasteiger partial charge is 0.377 e. The molecule has 0 aromatic carbocycles. The Bertz CT molecular complexity index is 211. The summed E-state index contributed by atoms with van der Waals surface area (Å²) in [6.45, 7) is 2.25. The number of guanidine groups is 1. The second kappa shape index (κ2) is 3.18. The molecule has 1 saturated carbocycles. The second-order valence-corrected chi connectivity index (χ2v) is 4.02. The standard InChI is InChI=1S/C9H17N3O/c10-8(11)12-5-6-13-7-9(12)3-1-2-4-9/h1-7H2,(H3,10,11). The van der Waals surface area contributed by atoms with Crippen LogP contribution in [0.2, 0.25) is 0 Å². The van der Waals surface area contributed by atoms with Crippen LogP contribution in [-0.4, -0.2) is 36.2 Å². The average Bonchev–Trinajstić information content (AvgIpc) is 2.54. The number of morpholine rings is 1. The zero-order valence-electron chi connectivity index (χ0n) is 7.88. The van der Waals surface area contributed by atoms with Crippen LogP contribution in [0.4, 0.5) is 0 Å². The van der Waals surface area contributed by atoms with Crippen molar-refractivity contribution < 1.29 is 4.74 Å². The SMILES string of the molecule is N=C(N)N1CCOCC12CCCC2. The normalized spacial score (nSPS) is 26.6. The van der Waals surface area contributed by atoms with E-state index in [4.69, 9.17) is 15.9 Å². The van der Waals surface area contributed by atoms with Crippen LogP contribution in [0.15, 0.2) is 0 Å². The molecule has 1 aliphatic carbocycles. The molecule has 0 bridgehead atoms. The van der Waals surface area contributed by atoms with Gasteiger partial charge in [-0.3, -0.25) is 5.41 Å². The molecule has 0 aromatic rings. The van der Waals surface area contributed by atoms with E-state index in [0.29, 0.717) is 6.61 Å². The Balaban J connectivity index is 2.16. The van der Waals surface area contributed by atoms with Gasteiger partial charge in [0.15, 0.2) is 5.96 Å². The lowest BCUT2D eigenvalue weighted by Gasteiger charge is -2.44. The van der Waals surface area contributed by atoms with Crippen LogP contribution in [-0.2, 0) is 4.74 Å². The molecule has 4 heteroatoms. The van der Waals surface area contributed by atoms with Gasteiger partial charge in [0.25, 0.3) is 0 Å². The van der Waals surface area contributed by atoms with Crippen LogP contribution in [0.5, 0.6) is 0 Å². The van der Waals surface area contributed by atoms with Gasteiger partial charge < -0.3 is 15.4 Å². The Morgan fingerprint density at radius 3 is 2.69 bits per heavy atom. The maximum Gasteiger partial charge on any atom is 0.189 e. The van der Waals surface area contributed by atoms with Crippen LogP contribution in [0.25, 0.3) is 0 Å². The highest BCUT2D eigenvalue weighted by Crippen LogP contribution is 2.36. The number of ether oxygens (including phenoxy) is 1. The molecule has 2 rings (SSSR count). The van der Waals surface area contributed by atoms with Gasteiger partial charge >= 0.3 is 0 Å². The summed E-state index contributed by atoms with van der Waals surface area (Å²) >= 11 is 0. The molecule has 13 heavy (non-hydrogen) atoms. The molecule has 0 amide bonds. The zero-order valence-corrected chi connectivity index (χ0v) is 7.88. The number of hydrogen-bond acceptors (Lipinski definition) is 2. The quantitative estimate of drug-likeness (QED) is 0.425. The lowest BCUT2D eigenvalue weighted by molar-refractivity contribution is -0.0310. The minimum absolute atomic E-state index is 0.0735. The number of rotatable bonds is 0. The molecule has 0 aromatic heterocycles. The highest BCUT2D eigenvalue weighted by atomic mass is 16.5. The van der Waals surface area contributed by atoms with E-state index in [0.717, 1.165) is 26.0 Å². The minimum atomic E-state index is 0.0735. The van der Waals surface area contributed by atoms with Crippen molar-refractivity contribution in [2.75, 3.05) is 19.8 Å². The van der Waals surface area contributed by atoms with Gasteiger partial charge in [0.1, 0.15) is 0 Å². The van der Waals surface area contributed by atoms with Gasteiger partial charge in [-0.2, -0.15) is 0 Å². The maximum absolute atomic E-state index is 7.53. The molecule has 1 heterocycles. The monoisotopic (exact) mass is 183 g/mol. The first-order chi connectivity index (χ1) is 6.25. The van der Waals surface area contributed by atoms with Crippen LogP contribution in [0.1, 0.15) is 25.7 Å². The second-order valence-electron chi connectivity index (χ2n) is 4.02. The molecule has 0 radical (unpaired) electrons. The summed E-state index contributed by atoms with van der Waals surface area (Å²) in [6, 6.07) is 0. The van der Waals surface area contributed by atoms with E-state index < -0.39 is 0 Å². The van der Waals surface area contributed by atoms with Crippen molar-refractivity contribution in [2.45, 2.75) is 31.2 Å². The van der Waals surface area contributed by atoms with Gasteiger partial charge in [-0.15, -0.1) is 0 Å². The third-order valence-corrected chi connectivity index (χ3v) is 3.23. The molecule has 74 valence electrons. The molecule has 2 fully saturated rings. The van der Waals surface area contributed by atoms with Gasteiger partial charge in [-0.25, -0.2) is 0 Å². The molecular weight excluding hydrogens is 166 g/mol. The van der Waals surface area contributed by atoms with Crippen molar-refractivity contribution in [1.29, 1.82) is 5.41 Å². The third kappa shape index (κ3) is 1.39. The molecule has 0 unspecified atom stereocenters. The molecule has 4 nitrogen and oxygen atoms in total. The fourth-order valence-electron chi connectivity index (χ4n) is 2.56. The van der Waals surface area contributed by atoms with E-state index in [1.165, 1.54) is 12.8 Å². The Kier molecular flexibility index (Phi) is 2.15. The van der Waals surface area contributed by atoms with E-state index >= 15 is 0 Å². The minimum Gasteiger partial charge on any atom is -0.377 e. The van der Waals surface area contributed by atoms with E-state index in [2.05, 4.69) is 0 Å². The first-order valence-electron chi connectivity index (χ1n) is 4.94. The maximum atomic E-state index is 7.53. The Morgan fingerprint density at radius 1 is 1.38 bits per heavy atom. The third-order valence-electron chi connectivity index (χ3n) is 3.23. The molecule has 0 atom stereocenters. The van der Waals surface area contributed by atoms with Crippen LogP contribution >= 0.6 is 0 Å². The van der Waals surface area contributed by atoms with Crippen molar-refractivity contribution in [1.82, 2.24) is 4.90 Å². The smallest absolute Gasteiger partial charge is 0.189 e. The first kappa shape index (κ1) is 8.81. The number of hydrogen-bond donors (Lipinski definition) is 2. The van der Waals surface area contributed by atoms with Crippen molar-refractivity contribution in [3.8, 4) is 0 Å². The molecule has 1 aliphatic heterocycles. The van der Waals surface area contributed by atoms with E-state index in [1.54, 1.807) is 0 Å². The number of nitrogens with two attached hydrogens (primary N) is 1. The van der Waals surface area contributed by atoms with Crippen LogP contribution in [0, 0.1) is 5.41 Å². The number of nitrogens with zero attached hydrogens (tertiary/aromatic N) is 1. The van der Waals surface area contributed by atoms with Gasteiger partial charge in [0.2, 0.25) is 0 Å². The summed E-state index contributed by atoms with van der Waals surface area (Å²) in [5.74, 6) is 0.213. The Labute approximate surface area is 78.5 Å². The predicted molar refractivity (Wildman–Crippen MR) is 50.6 cm³/mol. The molecule has 3 N–H and O–H groups in total. The molecule has 1 spiro atoms. The van der Waals surface area contributed by atoms with Gasteiger partial charge in [0.05, 0.1) is 18.8 Å². The topological polar surface area (TPSA) is 62.3 Å². The predicted octanol–water partition coefficient (Wildman–Crippen LogP) is 0.525. The average molecular weight is 183 g/mol. The van der Waals surface area contributed by atoms with E-state index in [-0.39, 0.29) is 11.5 Å². The highest BCUT2D eigenvalue weighted by molar-refractivity contribution is 5.75. The summed E-state index contributed by atoms with van der Waals surface area (Å²) in [5.41, 5.74) is 5.65. The lowest BCUT2D eigenvalue weighted by Crippen LogP contribution is -2.59.